The fourth-order valence-corrected chi connectivity index (χ4v) is 1.93. The van der Waals surface area contributed by atoms with Gasteiger partial charge in [0.2, 0.25) is 0 Å². The summed E-state index contributed by atoms with van der Waals surface area (Å²) >= 11 is 8.16. The Bertz CT molecular complexity index is 409. The molecule has 1 amide bonds. The van der Waals surface area contributed by atoms with Crippen molar-refractivity contribution in [3.63, 3.8) is 0 Å². The summed E-state index contributed by atoms with van der Waals surface area (Å²) in [5.41, 5.74) is 6.07. The summed E-state index contributed by atoms with van der Waals surface area (Å²) in [6.07, 6.45) is 0. The second kappa shape index (κ2) is 5.96. The number of carbonyl (C=O) groups is 1. The largest absolute Gasteiger partial charge is 0.392 e. The average molecular weight is 301 g/mol. The van der Waals surface area contributed by atoms with Crippen LogP contribution in [0.3, 0.4) is 0 Å². The first kappa shape index (κ1) is 13.1. The van der Waals surface area contributed by atoms with Gasteiger partial charge in [0.15, 0.2) is 0 Å². The number of thiocarbonyl (C=S) groups is 1. The van der Waals surface area contributed by atoms with Crippen LogP contribution < -0.4 is 5.73 Å². The van der Waals surface area contributed by atoms with Crippen LogP contribution in [0.25, 0.3) is 0 Å². The zero-order valence-electron chi connectivity index (χ0n) is 8.94. The van der Waals surface area contributed by atoms with E-state index in [1.165, 1.54) is 0 Å². The van der Waals surface area contributed by atoms with Crippen LogP contribution in [0.1, 0.15) is 17.3 Å². The molecule has 0 aromatic heterocycles. The highest BCUT2D eigenvalue weighted by molar-refractivity contribution is 9.10. The van der Waals surface area contributed by atoms with Gasteiger partial charge in [-0.1, -0.05) is 24.4 Å². The molecule has 0 aliphatic carbocycles. The fraction of sp³-hybridized carbons (Fsp3) is 0.273. The van der Waals surface area contributed by atoms with Gasteiger partial charge in [0.25, 0.3) is 5.91 Å². The lowest BCUT2D eigenvalue weighted by atomic mass is 10.2. The number of nitrogens with two attached hydrogens (primary N) is 1. The van der Waals surface area contributed by atoms with E-state index >= 15 is 0 Å². The van der Waals surface area contributed by atoms with E-state index in [9.17, 15) is 4.79 Å². The summed E-state index contributed by atoms with van der Waals surface area (Å²) in [6.45, 7) is 2.79. The summed E-state index contributed by atoms with van der Waals surface area (Å²) in [4.78, 5) is 14.0. The summed E-state index contributed by atoms with van der Waals surface area (Å²) in [5, 5.41) is 0. The standard InChI is InChI=1S/C11H13BrN2OS/c1-2-14(7-10(13)16)11(15)8-5-3-4-6-9(8)12/h3-6H,2,7H2,1H3,(H2,13,16). The molecule has 0 spiro atoms. The first-order valence-electron chi connectivity index (χ1n) is 4.88. The second-order valence-electron chi connectivity index (χ2n) is 3.27. The quantitative estimate of drug-likeness (QED) is 0.867. The van der Waals surface area contributed by atoms with Crippen molar-refractivity contribution in [2.45, 2.75) is 6.92 Å². The molecular formula is C11H13BrN2OS. The number of benzene rings is 1. The predicted molar refractivity (Wildman–Crippen MR) is 72.5 cm³/mol. The van der Waals surface area contributed by atoms with E-state index < -0.39 is 0 Å². The third kappa shape index (κ3) is 3.28. The Morgan fingerprint density at radius 3 is 2.62 bits per heavy atom. The highest BCUT2D eigenvalue weighted by Crippen LogP contribution is 2.17. The van der Waals surface area contributed by atoms with E-state index in [1.54, 1.807) is 11.0 Å². The molecule has 3 nitrogen and oxygen atoms in total. The van der Waals surface area contributed by atoms with Crippen LogP contribution in [0.4, 0.5) is 0 Å². The van der Waals surface area contributed by atoms with Crippen molar-refractivity contribution in [1.82, 2.24) is 4.90 Å². The molecule has 5 heteroatoms. The zero-order chi connectivity index (χ0) is 12.1. The molecule has 2 N–H and O–H groups in total. The number of halogens is 1. The van der Waals surface area contributed by atoms with Gasteiger partial charge in [-0.25, -0.2) is 0 Å². The number of carbonyl (C=O) groups excluding carboxylic acids is 1. The Balaban J connectivity index is 2.91. The van der Waals surface area contributed by atoms with Crippen LogP contribution in [-0.4, -0.2) is 28.9 Å². The Morgan fingerprint density at radius 2 is 2.12 bits per heavy atom. The minimum Gasteiger partial charge on any atom is -0.392 e. The van der Waals surface area contributed by atoms with Crippen LogP contribution in [0.5, 0.6) is 0 Å². The normalized spacial score (nSPS) is 9.88. The first-order valence-corrected chi connectivity index (χ1v) is 6.08. The number of hydrogen-bond donors (Lipinski definition) is 1. The van der Waals surface area contributed by atoms with Crippen molar-refractivity contribution in [1.29, 1.82) is 0 Å². The molecule has 1 rings (SSSR count). The minimum absolute atomic E-state index is 0.0669. The molecule has 1 aromatic rings. The summed E-state index contributed by atoms with van der Waals surface area (Å²) in [7, 11) is 0. The van der Waals surface area contributed by atoms with E-state index in [2.05, 4.69) is 15.9 Å². The van der Waals surface area contributed by atoms with Crippen LogP contribution in [-0.2, 0) is 0 Å². The van der Waals surface area contributed by atoms with Crippen molar-refractivity contribution >= 4 is 39.0 Å². The number of amides is 1. The van der Waals surface area contributed by atoms with Gasteiger partial charge in [-0.2, -0.15) is 0 Å². The van der Waals surface area contributed by atoms with Crippen molar-refractivity contribution in [3.8, 4) is 0 Å². The van der Waals surface area contributed by atoms with E-state index in [0.717, 1.165) is 4.47 Å². The third-order valence-corrected chi connectivity index (χ3v) is 2.94. The fourth-order valence-electron chi connectivity index (χ4n) is 1.32. The lowest BCUT2D eigenvalue weighted by Gasteiger charge is -2.20. The predicted octanol–water partition coefficient (Wildman–Crippen LogP) is 2.20. The van der Waals surface area contributed by atoms with Crippen LogP contribution in [0, 0.1) is 0 Å². The maximum Gasteiger partial charge on any atom is 0.255 e. The Morgan fingerprint density at radius 1 is 1.50 bits per heavy atom. The van der Waals surface area contributed by atoms with Gasteiger partial charge < -0.3 is 10.6 Å². The number of nitrogens with zero attached hydrogens (tertiary/aromatic N) is 1. The van der Waals surface area contributed by atoms with E-state index in [4.69, 9.17) is 18.0 Å². The molecule has 0 unspecified atom stereocenters. The van der Waals surface area contributed by atoms with Crippen molar-refractivity contribution in [3.05, 3.63) is 34.3 Å². The second-order valence-corrected chi connectivity index (χ2v) is 4.64. The van der Waals surface area contributed by atoms with Crippen LogP contribution in [0.2, 0.25) is 0 Å². The topological polar surface area (TPSA) is 46.3 Å². The summed E-state index contributed by atoms with van der Waals surface area (Å²) in [5.74, 6) is -0.0669. The molecule has 86 valence electrons. The highest BCUT2D eigenvalue weighted by Gasteiger charge is 2.16. The van der Waals surface area contributed by atoms with E-state index in [-0.39, 0.29) is 5.91 Å². The summed E-state index contributed by atoms with van der Waals surface area (Å²) < 4.78 is 0.779. The molecule has 0 fully saturated rings. The van der Waals surface area contributed by atoms with Crippen molar-refractivity contribution < 1.29 is 4.79 Å². The van der Waals surface area contributed by atoms with Gasteiger partial charge in [0.05, 0.1) is 17.1 Å². The molecule has 0 saturated heterocycles. The Labute approximate surface area is 109 Å². The third-order valence-electron chi connectivity index (χ3n) is 2.12. The molecule has 0 aliphatic heterocycles. The van der Waals surface area contributed by atoms with E-state index in [1.807, 2.05) is 25.1 Å². The van der Waals surface area contributed by atoms with Crippen LogP contribution in [0.15, 0.2) is 28.7 Å². The van der Waals surface area contributed by atoms with Gasteiger partial charge in [-0.15, -0.1) is 0 Å². The lowest BCUT2D eigenvalue weighted by Crippen LogP contribution is -2.37. The molecule has 0 atom stereocenters. The molecule has 0 radical (unpaired) electrons. The smallest absolute Gasteiger partial charge is 0.255 e. The number of likely N-dealkylation sites (N-methyl/N-ethyl adjacent to an activating group) is 1. The van der Waals surface area contributed by atoms with Gasteiger partial charge in [0, 0.05) is 11.0 Å². The number of rotatable bonds is 4. The van der Waals surface area contributed by atoms with Gasteiger partial charge in [-0.3, -0.25) is 4.79 Å². The average Bonchev–Trinajstić information content (AvgIpc) is 2.25. The molecule has 1 aromatic carbocycles. The Hall–Kier alpha value is -0.940. The summed E-state index contributed by atoms with van der Waals surface area (Å²) in [6, 6.07) is 7.30. The molecule has 0 aliphatic rings. The molecule has 16 heavy (non-hydrogen) atoms. The SMILES string of the molecule is CCN(CC(N)=S)C(=O)c1ccccc1Br. The first-order chi connectivity index (χ1) is 7.56. The Kier molecular flexibility index (Phi) is 4.89. The van der Waals surface area contributed by atoms with Crippen LogP contribution >= 0.6 is 28.1 Å². The minimum atomic E-state index is -0.0669. The van der Waals surface area contributed by atoms with Gasteiger partial charge >= 0.3 is 0 Å². The number of hydrogen-bond acceptors (Lipinski definition) is 2. The van der Waals surface area contributed by atoms with Crippen molar-refractivity contribution in [2.75, 3.05) is 13.1 Å². The lowest BCUT2D eigenvalue weighted by molar-refractivity contribution is 0.0787. The zero-order valence-corrected chi connectivity index (χ0v) is 11.3. The molecule has 0 bridgehead atoms. The van der Waals surface area contributed by atoms with Gasteiger partial charge in [0.1, 0.15) is 0 Å². The molecular weight excluding hydrogens is 288 g/mol. The monoisotopic (exact) mass is 300 g/mol. The van der Waals surface area contributed by atoms with Gasteiger partial charge in [-0.05, 0) is 35.0 Å². The molecule has 0 heterocycles. The molecule has 0 saturated carbocycles. The van der Waals surface area contributed by atoms with E-state index in [0.29, 0.717) is 23.6 Å². The highest BCUT2D eigenvalue weighted by atomic mass is 79.9. The maximum atomic E-state index is 12.1. The van der Waals surface area contributed by atoms with Crippen molar-refractivity contribution in [2.24, 2.45) is 5.73 Å². The maximum absolute atomic E-state index is 12.1.